The van der Waals surface area contributed by atoms with E-state index in [2.05, 4.69) is 24.0 Å². The van der Waals surface area contributed by atoms with E-state index in [1.54, 1.807) is 0 Å². The molecule has 0 amide bonds. The van der Waals surface area contributed by atoms with Crippen LogP contribution in [0.3, 0.4) is 0 Å². The third-order valence-corrected chi connectivity index (χ3v) is 4.20. The first-order valence-electron chi connectivity index (χ1n) is 7.06. The molecule has 0 unspecified atom stereocenters. The maximum absolute atomic E-state index is 5.77. The summed E-state index contributed by atoms with van der Waals surface area (Å²) in [4.78, 5) is 0. The van der Waals surface area contributed by atoms with Crippen LogP contribution in [0.1, 0.15) is 33.1 Å². The Morgan fingerprint density at radius 3 is 2.78 bits per heavy atom. The molecule has 0 aromatic heterocycles. The molecule has 1 saturated heterocycles. The molecule has 2 fully saturated rings. The molecule has 1 aliphatic heterocycles. The van der Waals surface area contributed by atoms with Crippen molar-refractivity contribution >= 4 is 0 Å². The molecule has 3 rings (SSSR count). The van der Waals surface area contributed by atoms with Crippen LogP contribution >= 0.6 is 0 Å². The van der Waals surface area contributed by atoms with Crippen molar-refractivity contribution in [2.75, 3.05) is 13.2 Å². The smallest absolute Gasteiger partial charge is 0.123 e. The fourth-order valence-corrected chi connectivity index (χ4v) is 3.03. The normalized spacial score (nSPS) is 36.6. The monoisotopic (exact) mass is 246 g/mol. The van der Waals surface area contributed by atoms with Crippen molar-refractivity contribution in [1.82, 2.24) is 0 Å². The molecule has 0 aromatic rings. The summed E-state index contributed by atoms with van der Waals surface area (Å²) in [6.45, 7) is 5.62. The highest BCUT2D eigenvalue weighted by atomic mass is 16.6. The highest BCUT2D eigenvalue weighted by Crippen LogP contribution is 2.44. The topological polar surface area (TPSA) is 21.8 Å². The lowest BCUT2D eigenvalue weighted by molar-refractivity contribution is 0.0177. The maximum Gasteiger partial charge on any atom is 0.123 e. The summed E-state index contributed by atoms with van der Waals surface area (Å²) >= 11 is 0. The average molecular weight is 246 g/mol. The highest BCUT2D eigenvalue weighted by Gasteiger charge is 2.34. The van der Waals surface area contributed by atoms with Gasteiger partial charge in [-0.2, -0.15) is 0 Å². The Morgan fingerprint density at radius 2 is 2.17 bits per heavy atom. The van der Waals surface area contributed by atoms with Gasteiger partial charge in [-0.15, -0.1) is 0 Å². The lowest BCUT2D eigenvalue weighted by Crippen LogP contribution is -2.24. The van der Waals surface area contributed by atoms with Gasteiger partial charge >= 0.3 is 0 Å². The van der Waals surface area contributed by atoms with E-state index in [9.17, 15) is 0 Å². The van der Waals surface area contributed by atoms with Crippen LogP contribution < -0.4 is 0 Å². The molecule has 0 radical (unpaired) electrons. The Morgan fingerprint density at radius 1 is 1.33 bits per heavy atom. The average Bonchev–Trinajstić information content (AvgIpc) is 2.94. The minimum absolute atomic E-state index is 0.321. The zero-order chi connectivity index (χ0) is 12.6. The van der Waals surface area contributed by atoms with E-state index in [1.165, 1.54) is 12.8 Å². The summed E-state index contributed by atoms with van der Waals surface area (Å²) < 4.78 is 10.9. The number of rotatable bonds is 4. The predicted octanol–water partition coefficient (Wildman–Crippen LogP) is 2.79. The standard InChI is InChI=1S/C16H22O2/c1-16(2,18-11-15-10-17-15)7-3-4-13-8-12-5-6-14(13)9-12/h5-6,12-15H,4,8-11H2,1-2H3/t12-,13-,14-,15-/m0/s1. The van der Waals surface area contributed by atoms with Gasteiger partial charge in [0.15, 0.2) is 0 Å². The summed E-state index contributed by atoms with van der Waals surface area (Å²) in [5.41, 5.74) is -0.334. The van der Waals surface area contributed by atoms with Crippen LogP contribution in [0.5, 0.6) is 0 Å². The molecule has 0 aromatic carbocycles. The van der Waals surface area contributed by atoms with Gasteiger partial charge in [0.05, 0.1) is 13.2 Å². The summed E-state index contributed by atoms with van der Waals surface area (Å²) in [6.07, 6.45) is 8.84. The largest absolute Gasteiger partial charge is 0.371 e. The zero-order valence-corrected chi connectivity index (χ0v) is 11.3. The molecule has 98 valence electrons. The molecule has 0 N–H and O–H groups in total. The van der Waals surface area contributed by atoms with Crippen LogP contribution in [0.4, 0.5) is 0 Å². The number of hydrogen-bond acceptors (Lipinski definition) is 2. The van der Waals surface area contributed by atoms with Crippen molar-refractivity contribution in [3.05, 3.63) is 12.2 Å². The summed E-state index contributed by atoms with van der Waals surface area (Å²) in [6, 6.07) is 0. The van der Waals surface area contributed by atoms with Crippen molar-refractivity contribution in [1.29, 1.82) is 0 Å². The van der Waals surface area contributed by atoms with Gasteiger partial charge in [0, 0.05) is 6.42 Å². The second-order valence-corrected chi connectivity index (χ2v) is 6.32. The first-order valence-corrected chi connectivity index (χ1v) is 7.06. The predicted molar refractivity (Wildman–Crippen MR) is 71.0 cm³/mol. The first kappa shape index (κ1) is 12.3. The molecule has 2 heteroatoms. The molecule has 1 heterocycles. The molecular formula is C16H22O2. The lowest BCUT2D eigenvalue weighted by Gasteiger charge is -2.19. The van der Waals surface area contributed by atoms with Crippen molar-refractivity contribution < 1.29 is 9.47 Å². The van der Waals surface area contributed by atoms with E-state index in [0.29, 0.717) is 12.7 Å². The number of allylic oxidation sites excluding steroid dienone is 2. The van der Waals surface area contributed by atoms with Crippen molar-refractivity contribution in [3.8, 4) is 11.8 Å². The first-order chi connectivity index (χ1) is 8.62. The zero-order valence-electron chi connectivity index (χ0n) is 11.3. The lowest BCUT2D eigenvalue weighted by atomic mass is 9.90. The van der Waals surface area contributed by atoms with Crippen LogP contribution in [0.25, 0.3) is 0 Å². The summed E-state index contributed by atoms with van der Waals surface area (Å²) in [5.74, 6) is 9.06. The summed E-state index contributed by atoms with van der Waals surface area (Å²) in [7, 11) is 0. The molecule has 2 aliphatic carbocycles. The minimum Gasteiger partial charge on any atom is -0.371 e. The van der Waals surface area contributed by atoms with Crippen LogP contribution in [0, 0.1) is 29.6 Å². The molecule has 2 bridgehead atoms. The number of fused-ring (bicyclic) bond motifs is 2. The Kier molecular flexibility index (Phi) is 3.21. The van der Waals surface area contributed by atoms with Gasteiger partial charge in [-0.25, -0.2) is 0 Å². The Balaban J connectivity index is 1.46. The second-order valence-electron chi connectivity index (χ2n) is 6.32. The Hall–Kier alpha value is -0.780. The SMILES string of the molecule is CC(C)(C#CC[C@H]1C[C@@H]2C=C[C@H]1C2)OC[C@@H]1CO1. The van der Waals surface area contributed by atoms with Crippen LogP contribution in [-0.4, -0.2) is 24.9 Å². The van der Waals surface area contributed by atoms with E-state index >= 15 is 0 Å². The molecular weight excluding hydrogens is 224 g/mol. The maximum atomic E-state index is 5.77. The number of ether oxygens (including phenoxy) is 2. The van der Waals surface area contributed by atoms with Crippen molar-refractivity contribution in [2.45, 2.75) is 44.8 Å². The van der Waals surface area contributed by atoms with E-state index in [-0.39, 0.29) is 5.60 Å². The van der Waals surface area contributed by atoms with Crippen LogP contribution in [0.15, 0.2) is 12.2 Å². The number of hydrogen-bond donors (Lipinski definition) is 0. The minimum atomic E-state index is -0.334. The quantitative estimate of drug-likeness (QED) is 0.432. The fraction of sp³-hybridized carbons (Fsp3) is 0.750. The van der Waals surface area contributed by atoms with Gasteiger partial charge < -0.3 is 9.47 Å². The van der Waals surface area contributed by atoms with Crippen molar-refractivity contribution in [2.24, 2.45) is 17.8 Å². The second kappa shape index (κ2) is 4.72. The van der Waals surface area contributed by atoms with Gasteiger partial charge in [0.25, 0.3) is 0 Å². The van der Waals surface area contributed by atoms with Gasteiger partial charge in [-0.1, -0.05) is 24.0 Å². The van der Waals surface area contributed by atoms with E-state index in [1.807, 2.05) is 13.8 Å². The summed E-state index contributed by atoms with van der Waals surface area (Å²) in [5, 5.41) is 0. The Labute approximate surface area is 110 Å². The third kappa shape index (κ3) is 2.96. The van der Waals surface area contributed by atoms with Crippen LogP contribution in [-0.2, 0) is 9.47 Å². The fourth-order valence-electron chi connectivity index (χ4n) is 3.03. The molecule has 1 saturated carbocycles. The molecule has 3 aliphatic rings. The number of epoxide rings is 1. The third-order valence-electron chi connectivity index (χ3n) is 4.20. The van der Waals surface area contributed by atoms with Crippen LogP contribution in [0.2, 0.25) is 0 Å². The molecule has 0 spiro atoms. The Bertz CT molecular complexity index is 395. The highest BCUT2D eigenvalue weighted by molar-refractivity contribution is 5.16. The van der Waals surface area contributed by atoms with Gasteiger partial charge in [0.1, 0.15) is 11.7 Å². The molecule has 2 nitrogen and oxygen atoms in total. The molecule has 4 atom stereocenters. The van der Waals surface area contributed by atoms with E-state index in [4.69, 9.17) is 9.47 Å². The van der Waals surface area contributed by atoms with Gasteiger partial charge in [0.2, 0.25) is 0 Å². The van der Waals surface area contributed by atoms with Gasteiger partial charge in [-0.3, -0.25) is 0 Å². The van der Waals surface area contributed by atoms with E-state index in [0.717, 1.165) is 30.8 Å². The van der Waals surface area contributed by atoms with Gasteiger partial charge in [-0.05, 0) is 44.4 Å². The van der Waals surface area contributed by atoms with Crippen molar-refractivity contribution in [3.63, 3.8) is 0 Å². The van der Waals surface area contributed by atoms with E-state index < -0.39 is 0 Å². The molecule has 18 heavy (non-hydrogen) atoms.